The second kappa shape index (κ2) is 7.49. The fourth-order valence-electron chi connectivity index (χ4n) is 1.51. The average Bonchev–Trinajstić information content (AvgIpc) is 2.48. The number of rotatable bonds is 6. The average molecular weight is 298 g/mol. The molecule has 2 atom stereocenters. The first kappa shape index (κ1) is 16.8. The fraction of sp³-hybridized carbons (Fsp3) is 0.429. The van der Waals surface area contributed by atoms with E-state index < -0.39 is 24.1 Å². The van der Waals surface area contributed by atoms with Gasteiger partial charge in [0, 0.05) is 6.07 Å². The molecule has 7 heteroatoms. The summed E-state index contributed by atoms with van der Waals surface area (Å²) in [7, 11) is 1.27. The highest BCUT2D eigenvalue weighted by Crippen LogP contribution is 2.26. The molecule has 0 aliphatic rings. The van der Waals surface area contributed by atoms with Crippen LogP contribution in [0.3, 0.4) is 0 Å². The molecule has 21 heavy (non-hydrogen) atoms. The van der Waals surface area contributed by atoms with Crippen LogP contribution < -0.4 is 9.47 Å². The van der Waals surface area contributed by atoms with Crippen LogP contribution in [0.1, 0.15) is 19.4 Å². The number of hydrogen-bond acceptors (Lipinski definition) is 7. The highest BCUT2D eigenvalue weighted by Gasteiger charge is 2.19. The summed E-state index contributed by atoms with van der Waals surface area (Å²) in [4.78, 5) is 26.0. The Hall–Kier alpha value is -2.28. The Labute approximate surface area is 122 Å². The van der Waals surface area contributed by atoms with E-state index in [1.165, 1.54) is 20.1 Å². The molecular formula is C14H18O7. The maximum Gasteiger partial charge on any atom is 0.381 e. The molecule has 1 N–H and O–H groups in total. The van der Waals surface area contributed by atoms with Gasteiger partial charge in [-0.2, -0.15) is 5.26 Å². The van der Waals surface area contributed by atoms with E-state index in [0.29, 0.717) is 11.5 Å². The smallest absolute Gasteiger partial charge is 0.381 e. The molecule has 1 aromatic rings. The molecule has 0 saturated heterocycles. The predicted molar refractivity (Wildman–Crippen MR) is 72.1 cm³/mol. The number of carbonyl (C=O) groups excluding carboxylic acids is 2. The zero-order valence-electron chi connectivity index (χ0n) is 12.3. The van der Waals surface area contributed by atoms with Gasteiger partial charge in [-0.25, -0.2) is 9.59 Å². The molecule has 1 aromatic carbocycles. The third-order valence-corrected chi connectivity index (χ3v) is 2.73. The van der Waals surface area contributed by atoms with Gasteiger partial charge in [-0.3, -0.25) is 4.89 Å². The molecule has 0 aromatic heterocycles. The van der Waals surface area contributed by atoms with E-state index in [9.17, 15) is 9.59 Å². The van der Waals surface area contributed by atoms with E-state index in [4.69, 9.17) is 14.7 Å². The van der Waals surface area contributed by atoms with Gasteiger partial charge >= 0.3 is 11.9 Å². The molecule has 0 radical (unpaired) electrons. The number of hydrogen-bond donors (Lipinski definition) is 1. The van der Waals surface area contributed by atoms with E-state index >= 15 is 0 Å². The summed E-state index contributed by atoms with van der Waals surface area (Å²) in [5.74, 6) is -0.653. The first-order valence-corrected chi connectivity index (χ1v) is 6.26. The quantitative estimate of drug-likeness (QED) is 0.485. The second-order valence-electron chi connectivity index (χ2n) is 4.38. The van der Waals surface area contributed by atoms with Crippen LogP contribution in [0.4, 0.5) is 0 Å². The Bertz CT molecular complexity index is 512. The van der Waals surface area contributed by atoms with Gasteiger partial charge in [-0.15, -0.1) is 0 Å². The lowest BCUT2D eigenvalue weighted by molar-refractivity contribution is -0.240. The van der Waals surface area contributed by atoms with Gasteiger partial charge in [0.1, 0.15) is 11.5 Å². The van der Waals surface area contributed by atoms with Crippen molar-refractivity contribution in [3.8, 4) is 11.5 Å². The van der Waals surface area contributed by atoms with Gasteiger partial charge in [0.05, 0.1) is 7.11 Å². The normalized spacial score (nSPS) is 13.0. The third kappa shape index (κ3) is 4.64. The number of carbonyl (C=O) groups is 2. The number of methoxy groups -OCH3 is 1. The summed E-state index contributed by atoms with van der Waals surface area (Å²) >= 11 is 0. The zero-order chi connectivity index (χ0) is 16.0. The van der Waals surface area contributed by atoms with E-state index in [-0.39, 0.29) is 0 Å². The molecule has 0 bridgehead atoms. The summed E-state index contributed by atoms with van der Waals surface area (Å²) in [6.45, 7) is 4.79. The van der Waals surface area contributed by atoms with Crippen molar-refractivity contribution in [2.24, 2.45) is 0 Å². The Morgan fingerprint density at radius 1 is 1.10 bits per heavy atom. The summed E-state index contributed by atoms with van der Waals surface area (Å²) in [6.07, 6.45) is -1.76. The van der Waals surface area contributed by atoms with E-state index in [1.54, 1.807) is 26.0 Å². The minimum absolute atomic E-state index is 0.338. The molecule has 0 aliphatic carbocycles. The van der Waals surface area contributed by atoms with Crippen LogP contribution >= 0.6 is 0 Å². The lowest BCUT2D eigenvalue weighted by Gasteiger charge is -2.16. The minimum atomic E-state index is -0.983. The van der Waals surface area contributed by atoms with Crippen molar-refractivity contribution in [1.29, 1.82) is 0 Å². The molecule has 1 rings (SSSR count). The van der Waals surface area contributed by atoms with Gasteiger partial charge in [0.15, 0.2) is 12.2 Å². The molecule has 0 amide bonds. The maximum absolute atomic E-state index is 11.4. The van der Waals surface area contributed by atoms with Gasteiger partial charge < -0.3 is 14.2 Å². The third-order valence-electron chi connectivity index (χ3n) is 2.73. The summed E-state index contributed by atoms with van der Waals surface area (Å²) in [6, 6.07) is 4.88. The van der Waals surface area contributed by atoms with Crippen molar-refractivity contribution < 1.29 is 33.9 Å². The first-order valence-electron chi connectivity index (χ1n) is 6.26. The largest absolute Gasteiger partial charge is 0.479 e. The zero-order valence-corrected chi connectivity index (χ0v) is 12.3. The fourth-order valence-corrected chi connectivity index (χ4v) is 1.51. The Morgan fingerprint density at radius 2 is 1.71 bits per heavy atom. The van der Waals surface area contributed by atoms with Crippen molar-refractivity contribution in [3.05, 3.63) is 23.8 Å². The Balaban J connectivity index is 2.84. The molecule has 116 valence electrons. The monoisotopic (exact) mass is 298 g/mol. The lowest BCUT2D eigenvalue weighted by Crippen LogP contribution is -2.26. The van der Waals surface area contributed by atoms with Crippen LogP contribution in [0, 0.1) is 6.92 Å². The van der Waals surface area contributed by atoms with E-state index in [1.807, 2.05) is 0 Å². The highest BCUT2D eigenvalue weighted by atomic mass is 17.1. The van der Waals surface area contributed by atoms with Crippen molar-refractivity contribution >= 4 is 11.9 Å². The molecule has 7 nitrogen and oxygen atoms in total. The molecule has 0 spiro atoms. The maximum atomic E-state index is 11.4. The SMILES string of the molecule is COC(=O)C(C)Oc1cc(OC(C)C(=O)OO)ccc1C. The number of esters is 1. The summed E-state index contributed by atoms with van der Waals surface area (Å²) in [5.41, 5.74) is 0.787. The van der Waals surface area contributed by atoms with Crippen LogP contribution in [0.2, 0.25) is 0 Å². The van der Waals surface area contributed by atoms with Crippen molar-refractivity contribution in [2.45, 2.75) is 33.0 Å². The second-order valence-corrected chi connectivity index (χ2v) is 4.38. The van der Waals surface area contributed by atoms with Crippen molar-refractivity contribution in [2.75, 3.05) is 7.11 Å². The Morgan fingerprint density at radius 3 is 2.29 bits per heavy atom. The molecule has 0 heterocycles. The van der Waals surface area contributed by atoms with Gasteiger partial charge in [-0.05, 0) is 32.4 Å². The predicted octanol–water partition coefficient (Wildman–Crippen LogP) is 1.72. The van der Waals surface area contributed by atoms with E-state index in [2.05, 4.69) is 9.62 Å². The standard InChI is InChI=1S/C14H18O7/c1-8-5-6-11(19-10(3)14(16)21-17)7-12(8)20-9(2)13(15)18-4/h5-7,9-10,17H,1-4H3. The first-order chi connectivity index (χ1) is 9.88. The topological polar surface area (TPSA) is 91.3 Å². The lowest BCUT2D eigenvalue weighted by atomic mass is 10.2. The van der Waals surface area contributed by atoms with E-state index in [0.717, 1.165) is 5.56 Å². The molecular weight excluding hydrogens is 280 g/mol. The van der Waals surface area contributed by atoms with Crippen LogP contribution in [-0.2, 0) is 19.2 Å². The number of aryl methyl sites for hydroxylation is 1. The highest BCUT2D eigenvalue weighted by molar-refractivity contribution is 5.74. The number of benzene rings is 1. The summed E-state index contributed by atoms with van der Waals surface area (Å²) < 4.78 is 15.4. The van der Waals surface area contributed by atoms with Crippen LogP contribution in [0.5, 0.6) is 11.5 Å². The van der Waals surface area contributed by atoms with Crippen LogP contribution in [0.15, 0.2) is 18.2 Å². The molecule has 0 saturated carbocycles. The number of ether oxygens (including phenoxy) is 3. The molecule has 2 unspecified atom stereocenters. The van der Waals surface area contributed by atoms with Gasteiger partial charge in [0.2, 0.25) is 0 Å². The summed E-state index contributed by atoms with van der Waals surface area (Å²) in [5, 5.41) is 8.28. The van der Waals surface area contributed by atoms with Crippen molar-refractivity contribution in [1.82, 2.24) is 0 Å². The Kier molecular flexibility index (Phi) is 5.98. The van der Waals surface area contributed by atoms with Gasteiger partial charge in [-0.1, -0.05) is 6.07 Å². The minimum Gasteiger partial charge on any atom is -0.479 e. The molecule has 0 fully saturated rings. The van der Waals surface area contributed by atoms with Gasteiger partial charge in [0.25, 0.3) is 0 Å². The van der Waals surface area contributed by atoms with Crippen molar-refractivity contribution in [3.63, 3.8) is 0 Å². The molecule has 0 aliphatic heterocycles. The van der Waals surface area contributed by atoms with Crippen LogP contribution in [-0.4, -0.2) is 36.5 Å². The van der Waals surface area contributed by atoms with Crippen LogP contribution in [0.25, 0.3) is 0 Å².